The van der Waals surface area contributed by atoms with E-state index >= 15 is 0 Å². The van der Waals surface area contributed by atoms with Gasteiger partial charge in [0.15, 0.2) is 0 Å². The predicted molar refractivity (Wildman–Crippen MR) is 144 cm³/mol. The highest BCUT2D eigenvalue weighted by atomic mass is 35.5. The molecule has 1 N–H and O–H groups in total. The number of anilines is 1. The van der Waals surface area contributed by atoms with Crippen molar-refractivity contribution in [3.8, 4) is 0 Å². The summed E-state index contributed by atoms with van der Waals surface area (Å²) in [5.74, 6) is 0.854. The molecule has 2 aliphatic rings. The fraction of sp³-hybridized carbons (Fsp3) is 0.500. The van der Waals surface area contributed by atoms with E-state index in [1.165, 1.54) is 15.8 Å². The fourth-order valence-corrected chi connectivity index (χ4v) is 6.61. The highest BCUT2D eigenvalue weighted by molar-refractivity contribution is 7.19. The van der Waals surface area contributed by atoms with Crippen LogP contribution in [0.15, 0.2) is 30.6 Å². The van der Waals surface area contributed by atoms with Gasteiger partial charge in [-0.3, -0.25) is 4.79 Å². The topological polar surface area (TPSA) is 64.6 Å². The van der Waals surface area contributed by atoms with E-state index in [1.807, 2.05) is 29.2 Å². The first-order chi connectivity index (χ1) is 16.9. The number of nitrogens with one attached hydrogen (secondary N) is 1. The second-order valence-electron chi connectivity index (χ2n) is 9.82. The van der Waals surface area contributed by atoms with Crippen LogP contribution in [0.25, 0.3) is 10.2 Å². The first kappa shape index (κ1) is 24.4. The number of hydrogen-bond donors (Lipinski definition) is 1. The molecule has 0 bridgehead atoms. The molecule has 4 heterocycles. The molecule has 5 rings (SSSR count). The largest absolute Gasteiger partial charge is 0.352 e. The maximum atomic E-state index is 13.7. The summed E-state index contributed by atoms with van der Waals surface area (Å²) in [5, 5.41) is 5.30. The number of aromatic nitrogens is 2. The lowest BCUT2D eigenvalue weighted by Gasteiger charge is -2.37. The van der Waals surface area contributed by atoms with Gasteiger partial charge in [0.2, 0.25) is 5.91 Å². The molecule has 0 aliphatic carbocycles. The molecular weight excluding hydrogens is 480 g/mol. The molecule has 0 radical (unpaired) electrons. The molecule has 1 aromatic carbocycles. The molecule has 186 valence electrons. The molecule has 1 saturated heterocycles. The van der Waals surface area contributed by atoms with Gasteiger partial charge >= 0.3 is 0 Å². The van der Waals surface area contributed by atoms with Crippen LogP contribution in [0.1, 0.15) is 35.8 Å². The Morgan fingerprint density at radius 2 is 1.91 bits per heavy atom. The number of fused-ring (bicyclic) bond motifs is 3. The van der Waals surface area contributed by atoms with E-state index in [9.17, 15) is 4.79 Å². The van der Waals surface area contributed by atoms with Crippen molar-refractivity contribution in [1.82, 2.24) is 25.1 Å². The van der Waals surface area contributed by atoms with E-state index in [1.54, 1.807) is 17.7 Å². The molecule has 1 amide bonds. The Morgan fingerprint density at radius 1 is 1.14 bits per heavy atom. The van der Waals surface area contributed by atoms with Crippen molar-refractivity contribution >= 4 is 44.9 Å². The van der Waals surface area contributed by atoms with Crippen LogP contribution < -0.4 is 10.2 Å². The van der Waals surface area contributed by atoms with Gasteiger partial charge in [0.25, 0.3) is 0 Å². The van der Waals surface area contributed by atoms with Gasteiger partial charge in [-0.05, 0) is 30.7 Å². The normalized spacial score (nSPS) is 17.7. The molecule has 0 spiro atoms. The van der Waals surface area contributed by atoms with Gasteiger partial charge in [-0.25, -0.2) is 9.97 Å². The summed E-state index contributed by atoms with van der Waals surface area (Å²) in [6.07, 6.45) is 2.72. The van der Waals surface area contributed by atoms with Gasteiger partial charge in [-0.2, -0.15) is 0 Å². The van der Waals surface area contributed by atoms with Crippen molar-refractivity contribution in [3.63, 3.8) is 0 Å². The lowest BCUT2D eigenvalue weighted by Crippen LogP contribution is -2.51. The highest BCUT2D eigenvalue weighted by Gasteiger charge is 2.31. The van der Waals surface area contributed by atoms with Crippen molar-refractivity contribution in [1.29, 1.82) is 0 Å². The van der Waals surface area contributed by atoms with Crippen LogP contribution in [-0.4, -0.2) is 78.0 Å². The minimum absolute atomic E-state index is 0.134. The van der Waals surface area contributed by atoms with Crippen molar-refractivity contribution in [2.24, 2.45) is 0 Å². The first-order valence-electron chi connectivity index (χ1n) is 12.4. The summed E-state index contributed by atoms with van der Waals surface area (Å²) in [6, 6.07) is 7.99. The molecular formula is C26H33ClN6OS. The Balaban J connectivity index is 1.34. The standard InChI is InChI=1S/C26H33ClN6OS/c1-17(2)28-14-20(18-6-4-5-7-21(18)27)26(34)33-12-10-32(11-13-33)24-23-19-8-9-31(3)15-22(19)35-25(23)30-16-29-24/h4-7,16-17,20,28H,8-15H2,1-3H3. The zero-order valence-electron chi connectivity index (χ0n) is 20.6. The van der Waals surface area contributed by atoms with Crippen LogP contribution in [0.3, 0.4) is 0 Å². The minimum atomic E-state index is -0.302. The SMILES string of the molecule is CC(C)NCC(C(=O)N1CCN(c2ncnc3sc4c(c23)CCN(C)C4)CC1)c1ccccc1Cl. The van der Waals surface area contributed by atoms with E-state index in [2.05, 4.69) is 41.0 Å². The Morgan fingerprint density at radius 3 is 2.66 bits per heavy atom. The molecule has 2 aromatic heterocycles. The van der Waals surface area contributed by atoms with Gasteiger partial charge in [0.05, 0.1) is 11.3 Å². The minimum Gasteiger partial charge on any atom is -0.352 e. The second kappa shape index (κ2) is 10.4. The molecule has 0 saturated carbocycles. The van der Waals surface area contributed by atoms with Crippen molar-refractivity contribution in [2.45, 2.75) is 38.8 Å². The van der Waals surface area contributed by atoms with Gasteiger partial charge in [0.1, 0.15) is 17.0 Å². The number of carbonyl (C=O) groups is 1. The summed E-state index contributed by atoms with van der Waals surface area (Å²) >= 11 is 8.30. The number of halogens is 1. The van der Waals surface area contributed by atoms with E-state index in [0.717, 1.165) is 48.8 Å². The van der Waals surface area contributed by atoms with Crippen molar-refractivity contribution in [3.05, 3.63) is 51.6 Å². The third kappa shape index (κ3) is 5.03. The molecule has 9 heteroatoms. The number of piperazine rings is 1. The number of rotatable bonds is 6. The molecule has 2 aliphatic heterocycles. The number of likely N-dealkylation sites (N-methyl/N-ethyl adjacent to an activating group) is 1. The van der Waals surface area contributed by atoms with Crippen LogP contribution in [0.2, 0.25) is 5.02 Å². The number of benzene rings is 1. The highest BCUT2D eigenvalue weighted by Crippen LogP contribution is 2.38. The lowest BCUT2D eigenvalue weighted by atomic mass is 9.96. The van der Waals surface area contributed by atoms with Gasteiger partial charge < -0.3 is 20.0 Å². The second-order valence-corrected chi connectivity index (χ2v) is 11.3. The summed E-state index contributed by atoms with van der Waals surface area (Å²) in [7, 11) is 2.17. The molecule has 1 unspecified atom stereocenters. The van der Waals surface area contributed by atoms with Gasteiger partial charge in [-0.15, -0.1) is 11.3 Å². The summed E-state index contributed by atoms with van der Waals surface area (Å²) < 4.78 is 0. The first-order valence-corrected chi connectivity index (χ1v) is 13.6. The lowest BCUT2D eigenvalue weighted by molar-refractivity contribution is -0.133. The van der Waals surface area contributed by atoms with Crippen LogP contribution in [0.5, 0.6) is 0 Å². The number of thiophene rings is 1. The Hall–Kier alpha value is -2.26. The maximum Gasteiger partial charge on any atom is 0.231 e. The number of carbonyl (C=O) groups excluding carboxylic acids is 1. The number of hydrogen-bond acceptors (Lipinski definition) is 7. The van der Waals surface area contributed by atoms with Crippen LogP contribution >= 0.6 is 22.9 Å². The average Bonchev–Trinajstić information content (AvgIpc) is 3.22. The molecule has 3 aromatic rings. The number of amides is 1. The third-order valence-corrected chi connectivity index (χ3v) is 8.48. The average molecular weight is 513 g/mol. The third-order valence-electron chi connectivity index (χ3n) is 7.01. The summed E-state index contributed by atoms with van der Waals surface area (Å²) in [6.45, 7) is 9.65. The van der Waals surface area contributed by atoms with Crippen LogP contribution in [0.4, 0.5) is 5.82 Å². The molecule has 7 nitrogen and oxygen atoms in total. The smallest absolute Gasteiger partial charge is 0.231 e. The summed E-state index contributed by atoms with van der Waals surface area (Å²) in [5.41, 5.74) is 2.30. The van der Waals surface area contributed by atoms with Crippen molar-refractivity contribution < 1.29 is 4.79 Å². The Bertz CT molecular complexity index is 1210. The Kier molecular flexibility index (Phi) is 7.25. The monoisotopic (exact) mass is 512 g/mol. The summed E-state index contributed by atoms with van der Waals surface area (Å²) in [4.78, 5) is 32.1. The number of nitrogens with zero attached hydrogens (tertiary/aromatic N) is 5. The molecule has 1 fully saturated rings. The van der Waals surface area contributed by atoms with Gasteiger partial charge in [0, 0.05) is 61.8 Å². The zero-order valence-corrected chi connectivity index (χ0v) is 22.2. The van der Waals surface area contributed by atoms with Crippen LogP contribution in [0, 0.1) is 0 Å². The maximum absolute atomic E-state index is 13.7. The quantitative estimate of drug-likeness (QED) is 0.542. The van der Waals surface area contributed by atoms with E-state index < -0.39 is 0 Å². The fourth-order valence-electron chi connectivity index (χ4n) is 5.08. The van der Waals surface area contributed by atoms with E-state index in [0.29, 0.717) is 30.7 Å². The predicted octanol–water partition coefficient (Wildman–Crippen LogP) is 3.76. The molecule has 35 heavy (non-hydrogen) atoms. The van der Waals surface area contributed by atoms with E-state index in [4.69, 9.17) is 16.6 Å². The van der Waals surface area contributed by atoms with Crippen molar-refractivity contribution in [2.75, 3.05) is 51.2 Å². The van der Waals surface area contributed by atoms with E-state index in [-0.39, 0.29) is 11.8 Å². The zero-order chi connectivity index (χ0) is 24.5. The van der Waals surface area contributed by atoms with Crippen LogP contribution in [-0.2, 0) is 17.8 Å². The molecule has 1 atom stereocenters. The van der Waals surface area contributed by atoms with Gasteiger partial charge in [-0.1, -0.05) is 43.6 Å². The Labute approximate surface area is 216 Å².